The van der Waals surface area contributed by atoms with Crippen molar-refractivity contribution < 1.29 is 24.2 Å². The minimum absolute atomic E-state index is 0.0561. The van der Waals surface area contributed by atoms with E-state index < -0.39 is 17.7 Å². The minimum atomic E-state index is -0.790. The molecule has 0 radical (unpaired) electrons. The third-order valence-corrected chi connectivity index (χ3v) is 6.63. The lowest BCUT2D eigenvalue weighted by Crippen LogP contribution is -2.29. The van der Waals surface area contributed by atoms with Crippen LogP contribution in [0, 0.1) is 12.8 Å². The van der Waals surface area contributed by atoms with Gasteiger partial charge in [-0.05, 0) is 72.4 Å². The maximum absolute atomic E-state index is 13.5. The van der Waals surface area contributed by atoms with Gasteiger partial charge in [-0.3, -0.25) is 14.5 Å². The number of nitrogens with zero attached hydrogens (tertiary/aromatic N) is 1. The van der Waals surface area contributed by atoms with Gasteiger partial charge in [0.05, 0.1) is 25.3 Å². The number of ketones is 1. The molecule has 1 unspecified atom stereocenters. The van der Waals surface area contributed by atoms with Crippen molar-refractivity contribution in [3.05, 3.63) is 94.6 Å². The lowest BCUT2D eigenvalue weighted by molar-refractivity contribution is -0.132. The maximum Gasteiger partial charge on any atom is 0.300 e. The van der Waals surface area contributed by atoms with E-state index in [1.54, 1.807) is 43.5 Å². The van der Waals surface area contributed by atoms with Crippen molar-refractivity contribution in [2.75, 3.05) is 18.6 Å². The predicted octanol–water partition coefficient (Wildman–Crippen LogP) is 6.79. The Balaban J connectivity index is 1.85. The van der Waals surface area contributed by atoms with Gasteiger partial charge >= 0.3 is 0 Å². The number of hydrogen-bond donors (Lipinski definition) is 1. The molecule has 198 valence electrons. The Morgan fingerprint density at radius 2 is 1.68 bits per heavy atom. The molecule has 1 heterocycles. The Labute approximate surface area is 224 Å². The van der Waals surface area contributed by atoms with Crippen LogP contribution in [0.3, 0.4) is 0 Å². The van der Waals surface area contributed by atoms with Gasteiger partial charge in [-0.1, -0.05) is 57.5 Å². The van der Waals surface area contributed by atoms with Crippen LogP contribution in [-0.4, -0.2) is 30.5 Å². The van der Waals surface area contributed by atoms with Gasteiger partial charge in [0, 0.05) is 11.3 Å². The van der Waals surface area contributed by atoms with Crippen molar-refractivity contribution in [2.45, 2.75) is 46.6 Å². The molecule has 6 heteroatoms. The Hall–Kier alpha value is -4.06. The molecule has 3 aromatic rings. The number of carbonyl (C=O) groups excluding carboxylic acids is 2. The molecule has 0 saturated carbocycles. The van der Waals surface area contributed by atoms with E-state index in [9.17, 15) is 14.7 Å². The fourth-order valence-electron chi connectivity index (χ4n) is 4.71. The number of methoxy groups -OCH3 is 1. The first-order chi connectivity index (χ1) is 18.1. The number of aliphatic hydroxyl groups is 1. The van der Waals surface area contributed by atoms with Crippen molar-refractivity contribution in [3.63, 3.8) is 0 Å². The second kappa shape index (κ2) is 11.1. The lowest BCUT2D eigenvalue weighted by Gasteiger charge is -2.26. The molecule has 1 atom stereocenters. The summed E-state index contributed by atoms with van der Waals surface area (Å²) in [5.74, 6) is 0.269. The van der Waals surface area contributed by atoms with Crippen molar-refractivity contribution >= 4 is 23.1 Å². The van der Waals surface area contributed by atoms with Crippen molar-refractivity contribution in [1.82, 2.24) is 0 Å². The lowest BCUT2D eigenvalue weighted by atomic mass is 9.92. The highest BCUT2D eigenvalue weighted by Gasteiger charge is 2.47. The molecule has 1 aliphatic heterocycles. The second-order valence-electron chi connectivity index (χ2n) is 10.4. The SMILES string of the molecule is COc1ccc(/C(O)=C2/C(=O)C(=O)N(c3ccc(OCC(C)C)cc3)C2c2cccc(C)c2)cc1C(C)C. The fourth-order valence-corrected chi connectivity index (χ4v) is 4.71. The van der Waals surface area contributed by atoms with Gasteiger partial charge in [0.15, 0.2) is 0 Å². The monoisotopic (exact) mass is 513 g/mol. The number of benzene rings is 3. The number of rotatable bonds is 8. The van der Waals surface area contributed by atoms with Gasteiger partial charge in [-0.15, -0.1) is 0 Å². The molecule has 4 rings (SSSR count). The average molecular weight is 514 g/mol. The topological polar surface area (TPSA) is 76.1 Å². The number of ether oxygens (including phenoxy) is 2. The third-order valence-electron chi connectivity index (χ3n) is 6.63. The molecule has 1 aliphatic rings. The van der Waals surface area contributed by atoms with Crippen LogP contribution in [0.25, 0.3) is 5.76 Å². The normalized spacial score (nSPS) is 16.9. The molecule has 1 amide bonds. The molecule has 1 N–H and O–H groups in total. The molecule has 1 saturated heterocycles. The number of amides is 1. The van der Waals surface area contributed by atoms with Crippen LogP contribution in [0.2, 0.25) is 0 Å². The smallest absolute Gasteiger partial charge is 0.300 e. The summed E-state index contributed by atoms with van der Waals surface area (Å²) in [5, 5.41) is 11.5. The highest BCUT2D eigenvalue weighted by atomic mass is 16.5. The van der Waals surface area contributed by atoms with Crippen LogP contribution in [0.1, 0.15) is 61.9 Å². The standard InChI is InChI=1S/C32H35NO5/c1-19(2)18-38-25-13-11-24(12-14-25)33-29(22-9-7-8-21(5)16-22)28(31(35)32(33)36)30(34)23-10-15-27(37-6)26(17-23)20(3)4/h7-17,19-20,29,34H,18H2,1-6H3/b30-28-. The van der Waals surface area contributed by atoms with Gasteiger partial charge in [0.25, 0.3) is 11.7 Å². The number of Topliss-reactive ketones (excluding diaryl/α,β-unsaturated/α-hetero) is 1. The zero-order valence-electron chi connectivity index (χ0n) is 22.8. The molecule has 3 aromatic carbocycles. The van der Waals surface area contributed by atoms with Gasteiger partial charge in [0.1, 0.15) is 17.3 Å². The van der Waals surface area contributed by atoms with Gasteiger partial charge in [-0.25, -0.2) is 0 Å². The molecule has 38 heavy (non-hydrogen) atoms. The van der Waals surface area contributed by atoms with Gasteiger partial charge < -0.3 is 14.6 Å². The van der Waals surface area contributed by atoms with Crippen LogP contribution in [-0.2, 0) is 9.59 Å². The first-order valence-electron chi connectivity index (χ1n) is 12.9. The Morgan fingerprint density at radius 1 is 0.974 bits per heavy atom. The highest BCUT2D eigenvalue weighted by molar-refractivity contribution is 6.51. The van der Waals surface area contributed by atoms with E-state index in [0.717, 1.165) is 16.7 Å². The first kappa shape index (κ1) is 27.0. The maximum atomic E-state index is 13.5. The molecule has 0 aliphatic carbocycles. The Kier molecular flexibility index (Phi) is 7.91. The third kappa shape index (κ3) is 5.30. The van der Waals surface area contributed by atoms with E-state index in [4.69, 9.17) is 9.47 Å². The average Bonchev–Trinajstić information content (AvgIpc) is 3.17. The van der Waals surface area contributed by atoms with Gasteiger partial charge in [0.2, 0.25) is 0 Å². The quantitative estimate of drug-likeness (QED) is 0.204. The fraction of sp³-hybridized carbons (Fsp3) is 0.312. The number of hydrogen-bond acceptors (Lipinski definition) is 5. The van der Waals surface area contributed by atoms with Crippen LogP contribution in [0.5, 0.6) is 11.5 Å². The second-order valence-corrected chi connectivity index (χ2v) is 10.4. The van der Waals surface area contributed by atoms with Gasteiger partial charge in [-0.2, -0.15) is 0 Å². The van der Waals surface area contributed by atoms with E-state index in [1.165, 1.54) is 4.90 Å². The van der Waals surface area contributed by atoms with Crippen LogP contribution >= 0.6 is 0 Å². The number of aliphatic hydroxyl groups excluding tert-OH is 1. The van der Waals surface area contributed by atoms with E-state index in [2.05, 4.69) is 13.8 Å². The number of anilines is 1. The molecular formula is C32H35NO5. The summed E-state index contributed by atoms with van der Waals surface area (Å²) < 4.78 is 11.3. The summed E-state index contributed by atoms with van der Waals surface area (Å²) in [5.41, 5.74) is 3.69. The molecular weight excluding hydrogens is 478 g/mol. The minimum Gasteiger partial charge on any atom is -0.507 e. The zero-order valence-corrected chi connectivity index (χ0v) is 22.8. The highest BCUT2D eigenvalue weighted by Crippen LogP contribution is 2.43. The summed E-state index contributed by atoms with van der Waals surface area (Å²) >= 11 is 0. The Bertz CT molecular complexity index is 1370. The number of carbonyl (C=O) groups is 2. The van der Waals surface area contributed by atoms with Crippen LogP contribution in [0.4, 0.5) is 5.69 Å². The number of aryl methyl sites for hydroxylation is 1. The summed E-state index contributed by atoms with van der Waals surface area (Å²) in [7, 11) is 1.60. The molecule has 6 nitrogen and oxygen atoms in total. The molecule has 1 fully saturated rings. The summed E-state index contributed by atoms with van der Waals surface area (Å²) in [4.78, 5) is 28.4. The zero-order chi connectivity index (χ0) is 27.6. The van der Waals surface area contributed by atoms with E-state index in [-0.39, 0.29) is 17.3 Å². The van der Waals surface area contributed by atoms with Crippen molar-refractivity contribution in [1.29, 1.82) is 0 Å². The van der Waals surface area contributed by atoms with E-state index >= 15 is 0 Å². The molecule has 0 spiro atoms. The summed E-state index contributed by atoms with van der Waals surface area (Å²) in [6.45, 7) is 10.7. The summed E-state index contributed by atoms with van der Waals surface area (Å²) in [6.07, 6.45) is 0. The summed E-state index contributed by atoms with van der Waals surface area (Å²) in [6, 6.07) is 19.3. The van der Waals surface area contributed by atoms with Crippen LogP contribution < -0.4 is 14.4 Å². The Morgan fingerprint density at radius 3 is 2.29 bits per heavy atom. The van der Waals surface area contributed by atoms with E-state index in [0.29, 0.717) is 35.3 Å². The predicted molar refractivity (Wildman–Crippen MR) is 150 cm³/mol. The van der Waals surface area contributed by atoms with E-state index in [1.807, 2.05) is 51.1 Å². The van der Waals surface area contributed by atoms with Crippen LogP contribution in [0.15, 0.2) is 72.3 Å². The molecule has 0 bridgehead atoms. The van der Waals surface area contributed by atoms with Crippen molar-refractivity contribution in [2.24, 2.45) is 5.92 Å². The molecule has 0 aromatic heterocycles. The van der Waals surface area contributed by atoms with Crippen molar-refractivity contribution in [3.8, 4) is 11.5 Å². The largest absolute Gasteiger partial charge is 0.507 e. The first-order valence-corrected chi connectivity index (χ1v) is 12.9.